The minimum absolute atomic E-state index is 0.833. The molecule has 0 aliphatic rings. The lowest BCUT2D eigenvalue weighted by Gasteiger charge is -1.99. The van der Waals surface area contributed by atoms with E-state index in [1.807, 2.05) is 12.2 Å². The summed E-state index contributed by atoms with van der Waals surface area (Å²) in [5.74, 6) is 1.88. The maximum atomic E-state index is 4.44. The number of hydrogen-bond donors (Lipinski definition) is 1. The molecule has 0 aromatic carbocycles. The van der Waals surface area contributed by atoms with Gasteiger partial charge in [0.25, 0.3) is 0 Å². The Morgan fingerprint density at radius 3 is 2.47 bits per heavy atom. The van der Waals surface area contributed by atoms with Crippen LogP contribution in [0.3, 0.4) is 0 Å². The van der Waals surface area contributed by atoms with Gasteiger partial charge < -0.3 is 0 Å². The molecular formula is C15H25N3S. The summed E-state index contributed by atoms with van der Waals surface area (Å²) in [7, 11) is 0. The molecule has 1 aromatic heterocycles. The summed E-state index contributed by atoms with van der Waals surface area (Å²) in [6.07, 6.45) is 13.8. The van der Waals surface area contributed by atoms with Crippen molar-refractivity contribution < 1.29 is 0 Å². The predicted octanol–water partition coefficient (Wildman–Crippen LogP) is 4.54. The SMILES string of the molecule is C=CCCCCCCCCc1nc(SCC=C)n[nH]1. The van der Waals surface area contributed by atoms with Crippen LogP contribution in [0.25, 0.3) is 0 Å². The Hall–Kier alpha value is -1.03. The Morgan fingerprint density at radius 1 is 1.00 bits per heavy atom. The standard InChI is InChI=1S/C15H25N3S/c1-3-5-6-7-8-9-10-11-12-14-16-15(18-17-14)19-13-4-2/h3-4H,1-2,5-13H2,(H,16,17,18). The van der Waals surface area contributed by atoms with E-state index in [2.05, 4.69) is 28.3 Å². The molecule has 1 heterocycles. The van der Waals surface area contributed by atoms with Gasteiger partial charge in [-0.25, -0.2) is 4.98 Å². The van der Waals surface area contributed by atoms with E-state index in [9.17, 15) is 0 Å². The van der Waals surface area contributed by atoms with Gasteiger partial charge in [-0.15, -0.1) is 18.3 Å². The number of thioether (sulfide) groups is 1. The van der Waals surface area contributed by atoms with Gasteiger partial charge in [-0.1, -0.05) is 49.6 Å². The molecule has 0 saturated carbocycles. The quantitative estimate of drug-likeness (QED) is 0.347. The van der Waals surface area contributed by atoms with Crippen LogP contribution in [0.5, 0.6) is 0 Å². The predicted molar refractivity (Wildman–Crippen MR) is 83.5 cm³/mol. The summed E-state index contributed by atoms with van der Waals surface area (Å²) >= 11 is 1.62. The average molecular weight is 279 g/mol. The first-order valence-corrected chi connectivity index (χ1v) is 8.11. The molecule has 1 N–H and O–H groups in total. The maximum Gasteiger partial charge on any atom is 0.208 e. The Bertz CT molecular complexity index is 360. The molecule has 0 amide bonds. The third-order valence-electron chi connectivity index (χ3n) is 2.91. The van der Waals surface area contributed by atoms with Gasteiger partial charge in [-0.3, -0.25) is 5.10 Å². The Morgan fingerprint density at radius 2 is 1.74 bits per heavy atom. The van der Waals surface area contributed by atoms with Crippen molar-refractivity contribution in [2.24, 2.45) is 0 Å². The van der Waals surface area contributed by atoms with Crippen LogP contribution in [-0.4, -0.2) is 20.9 Å². The molecule has 3 nitrogen and oxygen atoms in total. The first kappa shape index (κ1) is 16.0. The zero-order valence-electron chi connectivity index (χ0n) is 11.7. The molecule has 0 unspecified atom stereocenters. The summed E-state index contributed by atoms with van der Waals surface area (Å²) < 4.78 is 0. The van der Waals surface area contributed by atoms with E-state index in [1.165, 1.54) is 38.5 Å². The second-order valence-electron chi connectivity index (χ2n) is 4.61. The number of aromatic amines is 1. The zero-order chi connectivity index (χ0) is 13.8. The molecule has 106 valence electrons. The van der Waals surface area contributed by atoms with E-state index in [1.54, 1.807) is 11.8 Å². The van der Waals surface area contributed by atoms with Crippen molar-refractivity contribution >= 4 is 11.8 Å². The lowest BCUT2D eigenvalue weighted by atomic mass is 10.1. The van der Waals surface area contributed by atoms with Gasteiger partial charge in [0.15, 0.2) is 0 Å². The molecule has 0 spiro atoms. The van der Waals surface area contributed by atoms with Gasteiger partial charge in [-0.05, 0) is 19.3 Å². The van der Waals surface area contributed by atoms with E-state index in [4.69, 9.17) is 0 Å². The van der Waals surface area contributed by atoms with Crippen molar-refractivity contribution in [1.29, 1.82) is 0 Å². The van der Waals surface area contributed by atoms with E-state index in [0.29, 0.717) is 0 Å². The molecule has 0 aliphatic heterocycles. The molecule has 0 atom stereocenters. The lowest BCUT2D eigenvalue weighted by molar-refractivity contribution is 0.591. The van der Waals surface area contributed by atoms with Crippen molar-refractivity contribution in [2.45, 2.75) is 56.5 Å². The van der Waals surface area contributed by atoms with Crippen LogP contribution in [0.15, 0.2) is 30.5 Å². The highest BCUT2D eigenvalue weighted by molar-refractivity contribution is 7.99. The second kappa shape index (κ2) is 10.9. The fourth-order valence-corrected chi connectivity index (χ4v) is 2.43. The normalized spacial score (nSPS) is 10.5. The summed E-state index contributed by atoms with van der Waals surface area (Å²) in [5, 5.41) is 8.01. The van der Waals surface area contributed by atoms with Crippen LogP contribution in [0, 0.1) is 0 Å². The number of rotatable bonds is 12. The first-order valence-electron chi connectivity index (χ1n) is 7.12. The van der Waals surface area contributed by atoms with Crippen LogP contribution in [0.4, 0.5) is 0 Å². The molecule has 0 fully saturated rings. The Balaban J connectivity index is 2.01. The molecular weight excluding hydrogens is 254 g/mol. The van der Waals surface area contributed by atoms with Crippen LogP contribution >= 0.6 is 11.8 Å². The Labute approximate surface area is 121 Å². The summed E-state index contributed by atoms with van der Waals surface area (Å²) in [5.41, 5.74) is 0. The number of hydrogen-bond acceptors (Lipinski definition) is 3. The highest BCUT2D eigenvalue weighted by atomic mass is 32.2. The molecule has 1 rings (SSSR count). The molecule has 0 saturated heterocycles. The van der Waals surface area contributed by atoms with E-state index in [0.717, 1.165) is 29.6 Å². The summed E-state index contributed by atoms with van der Waals surface area (Å²) in [6.45, 7) is 7.43. The van der Waals surface area contributed by atoms with E-state index in [-0.39, 0.29) is 0 Å². The van der Waals surface area contributed by atoms with Crippen molar-refractivity contribution in [3.8, 4) is 0 Å². The van der Waals surface area contributed by atoms with Gasteiger partial charge in [0.2, 0.25) is 5.16 Å². The largest absolute Gasteiger partial charge is 0.262 e. The average Bonchev–Trinajstić information content (AvgIpc) is 2.87. The molecule has 0 bridgehead atoms. The smallest absolute Gasteiger partial charge is 0.208 e. The third kappa shape index (κ3) is 7.88. The van der Waals surface area contributed by atoms with Gasteiger partial charge in [-0.2, -0.15) is 0 Å². The van der Waals surface area contributed by atoms with Crippen molar-refractivity contribution in [1.82, 2.24) is 15.2 Å². The number of nitrogens with one attached hydrogen (secondary N) is 1. The number of unbranched alkanes of at least 4 members (excludes halogenated alkanes) is 6. The number of nitrogens with zero attached hydrogens (tertiary/aromatic N) is 2. The summed E-state index contributed by atoms with van der Waals surface area (Å²) in [4.78, 5) is 4.44. The minimum atomic E-state index is 0.833. The molecule has 4 heteroatoms. The number of allylic oxidation sites excluding steroid dienone is 1. The van der Waals surface area contributed by atoms with Crippen LogP contribution < -0.4 is 0 Å². The first-order chi connectivity index (χ1) is 9.36. The topological polar surface area (TPSA) is 41.6 Å². The number of aryl methyl sites for hydroxylation is 1. The van der Waals surface area contributed by atoms with Crippen LogP contribution in [-0.2, 0) is 6.42 Å². The molecule has 19 heavy (non-hydrogen) atoms. The van der Waals surface area contributed by atoms with Gasteiger partial charge in [0.05, 0.1) is 0 Å². The fourth-order valence-electron chi connectivity index (χ4n) is 1.88. The van der Waals surface area contributed by atoms with Gasteiger partial charge in [0.1, 0.15) is 5.82 Å². The van der Waals surface area contributed by atoms with E-state index >= 15 is 0 Å². The number of H-pyrrole nitrogens is 1. The maximum absolute atomic E-state index is 4.44. The highest BCUT2D eigenvalue weighted by Crippen LogP contribution is 2.13. The monoisotopic (exact) mass is 279 g/mol. The van der Waals surface area contributed by atoms with Gasteiger partial charge >= 0.3 is 0 Å². The van der Waals surface area contributed by atoms with Gasteiger partial charge in [0, 0.05) is 12.2 Å². The second-order valence-corrected chi connectivity index (χ2v) is 5.60. The zero-order valence-corrected chi connectivity index (χ0v) is 12.6. The minimum Gasteiger partial charge on any atom is -0.262 e. The lowest BCUT2D eigenvalue weighted by Crippen LogP contribution is -1.89. The molecule has 0 aliphatic carbocycles. The molecule has 0 radical (unpaired) electrons. The van der Waals surface area contributed by atoms with Crippen LogP contribution in [0.1, 0.15) is 50.8 Å². The number of aromatic nitrogens is 3. The highest BCUT2D eigenvalue weighted by Gasteiger charge is 2.02. The Kier molecular flexibility index (Phi) is 9.15. The van der Waals surface area contributed by atoms with Crippen molar-refractivity contribution in [3.05, 3.63) is 31.1 Å². The third-order valence-corrected chi connectivity index (χ3v) is 3.76. The fraction of sp³-hybridized carbons (Fsp3) is 0.600. The summed E-state index contributed by atoms with van der Waals surface area (Å²) in [6, 6.07) is 0. The van der Waals surface area contributed by atoms with Crippen molar-refractivity contribution in [3.63, 3.8) is 0 Å². The molecule has 1 aromatic rings. The van der Waals surface area contributed by atoms with Crippen molar-refractivity contribution in [2.75, 3.05) is 5.75 Å². The van der Waals surface area contributed by atoms with Crippen LogP contribution in [0.2, 0.25) is 0 Å². The van der Waals surface area contributed by atoms with E-state index < -0.39 is 0 Å².